The maximum absolute atomic E-state index is 12.9. The van der Waals surface area contributed by atoms with Gasteiger partial charge in [-0.2, -0.15) is 5.10 Å². The third-order valence-corrected chi connectivity index (χ3v) is 5.14. The summed E-state index contributed by atoms with van der Waals surface area (Å²) in [5.41, 5.74) is 0.0257. The Morgan fingerprint density at radius 1 is 1.22 bits per heavy atom. The van der Waals surface area contributed by atoms with Crippen molar-refractivity contribution < 1.29 is 19.1 Å². The molecule has 0 bridgehead atoms. The van der Waals surface area contributed by atoms with E-state index in [1.165, 1.54) is 6.92 Å². The lowest BCUT2D eigenvalue weighted by Crippen LogP contribution is -2.55. The largest absolute Gasteiger partial charge is 0.464 e. The quantitative estimate of drug-likeness (QED) is 0.775. The normalized spacial score (nSPS) is 20.9. The van der Waals surface area contributed by atoms with Crippen LogP contribution in [-0.2, 0) is 19.1 Å². The van der Waals surface area contributed by atoms with Crippen LogP contribution in [0.2, 0.25) is 0 Å². The molecule has 144 valence electrons. The average Bonchev–Trinajstić information content (AvgIpc) is 3.31. The van der Waals surface area contributed by atoms with Crippen LogP contribution in [0.15, 0.2) is 35.4 Å². The highest BCUT2D eigenvalue weighted by Gasteiger charge is 2.45. The van der Waals surface area contributed by atoms with Crippen molar-refractivity contribution in [2.24, 2.45) is 5.10 Å². The van der Waals surface area contributed by atoms with Gasteiger partial charge in [0.05, 0.1) is 12.3 Å². The molecule has 1 aromatic rings. The minimum Gasteiger partial charge on any atom is -0.464 e. The fourth-order valence-corrected chi connectivity index (χ4v) is 3.70. The van der Waals surface area contributed by atoms with Crippen LogP contribution in [0.5, 0.6) is 0 Å². The number of Topliss-reactive ketones (excluding diaryl/α,β-unsaturated/α-hetero) is 1. The Labute approximate surface area is 158 Å². The van der Waals surface area contributed by atoms with E-state index in [0.717, 1.165) is 18.5 Å². The van der Waals surface area contributed by atoms with E-state index in [4.69, 9.17) is 4.74 Å². The molecule has 0 aromatic heterocycles. The van der Waals surface area contributed by atoms with Crippen LogP contribution in [0.1, 0.15) is 46.0 Å². The molecule has 1 amide bonds. The first-order chi connectivity index (χ1) is 13.0. The SMILES string of the molecule is CCOC(=O)C1(NC(=O)C2=NN(c3ccccc3)C(C(C)=O)C2)CCCC1. The van der Waals surface area contributed by atoms with Gasteiger partial charge in [-0.05, 0) is 38.8 Å². The molecule has 1 heterocycles. The van der Waals surface area contributed by atoms with Gasteiger partial charge in [-0.25, -0.2) is 4.79 Å². The average molecular weight is 371 g/mol. The molecule has 1 unspecified atom stereocenters. The lowest BCUT2D eigenvalue weighted by Gasteiger charge is -2.27. The molecule has 7 heteroatoms. The van der Waals surface area contributed by atoms with Gasteiger partial charge in [-0.1, -0.05) is 31.0 Å². The highest BCUT2D eigenvalue weighted by Crippen LogP contribution is 2.32. The van der Waals surface area contributed by atoms with Crippen molar-refractivity contribution in [2.75, 3.05) is 11.6 Å². The molecule has 7 nitrogen and oxygen atoms in total. The summed E-state index contributed by atoms with van der Waals surface area (Å²) in [6, 6.07) is 8.76. The summed E-state index contributed by atoms with van der Waals surface area (Å²) >= 11 is 0. The fraction of sp³-hybridized carbons (Fsp3) is 0.500. The van der Waals surface area contributed by atoms with E-state index in [0.29, 0.717) is 12.8 Å². The molecule has 1 N–H and O–H groups in total. The topological polar surface area (TPSA) is 88.1 Å². The molecule has 1 atom stereocenters. The second kappa shape index (κ2) is 7.90. The number of ketones is 1. The Bertz CT molecular complexity index is 754. The zero-order valence-corrected chi connectivity index (χ0v) is 15.7. The molecule has 0 saturated heterocycles. The third kappa shape index (κ3) is 3.86. The van der Waals surface area contributed by atoms with Crippen molar-refractivity contribution in [1.29, 1.82) is 0 Å². The smallest absolute Gasteiger partial charge is 0.331 e. The van der Waals surface area contributed by atoms with Gasteiger partial charge < -0.3 is 10.1 Å². The van der Waals surface area contributed by atoms with Crippen molar-refractivity contribution >= 4 is 29.1 Å². The zero-order chi connectivity index (χ0) is 19.4. The molecule has 1 aliphatic carbocycles. The minimum absolute atomic E-state index is 0.0635. The number of nitrogens with one attached hydrogen (secondary N) is 1. The number of amides is 1. The van der Waals surface area contributed by atoms with Gasteiger partial charge in [0.1, 0.15) is 17.3 Å². The molecule has 2 aliphatic rings. The van der Waals surface area contributed by atoms with E-state index >= 15 is 0 Å². The summed E-state index contributed by atoms with van der Waals surface area (Å²) in [7, 11) is 0. The van der Waals surface area contributed by atoms with Crippen LogP contribution < -0.4 is 10.3 Å². The highest BCUT2D eigenvalue weighted by molar-refractivity contribution is 6.40. The predicted molar refractivity (Wildman–Crippen MR) is 101 cm³/mol. The van der Waals surface area contributed by atoms with Gasteiger partial charge in [0.15, 0.2) is 5.78 Å². The fourth-order valence-electron chi connectivity index (χ4n) is 3.70. The number of esters is 1. The van der Waals surface area contributed by atoms with Gasteiger partial charge in [-0.15, -0.1) is 0 Å². The van der Waals surface area contributed by atoms with E-state index in [9.17, 15) is 14.4 Å². The summed E-state index contributed by atoms with van der Waals surface area (Å²) in [6.07, 6.45) is 3.05. The molecule has 3 rings (SSSR count). The number of benzene rings is 1. The summed E-state index contributed by atoms with van der Waals surface area (Å²) in [4.78, 5) is 37.4. The Hall–Kier alpha value is -2.70. The standard InChI is InChI=1S/C20H25N3O4/c1-3-27-19(26)20(11-7-8-12-20)21-18(25)16-13-17(14(2)24)23(22-16)15-9-5-4-6-10-15/h4-6,9-10,17H,3,7-8,11-13H2,1-2H3,(H,21,25). The van der Waals surface area contributed by atoms with E-state index < -0.39 is 23.5 Å². The number of ether oxygens (including phenoxy) is 1. The van der Waals surface area contributed by atoms with Gasteiger partial charge >= 0.3 is 5.97 Å². The minimum atomic E-state index is -0.985. The summed E-state index contributed by atoms with van der Waals surface area (Å²) in [5, 5.41) is 8.86. The van der Waals surface area contributed by atoms with Crippen LogP contribution >= 0.6 is 0 Å². The van der Waals surface area contributed by atoms with Gasteiger partial charge in [-0.3, -0.25) is 14.6 Å². The second-order valence-corrected chi connectivity index (χ2v) is 7.02. The number of hydrazone groups is 1. The molecule has 1 saturated carbocycles. The molecule has 0 spiro atoms. The highest BCUT2D eigenvalue weighted by atomic mass is 16.5. The lowest BCUT2D eigenvalue weighted by molar-refractivity contribution is -0.152. The van der Waals surface area contributed by atoms with Crippen LogP contribution in [0.25, 0.3) is 0 Å². The Kier molecular flexibility index (Phi) is 5.58. The van der Waals surface area contributed by atoms with Crippen LogP contribution in [0.4, 0.5) is 5.69 Å². The maximum atomic E-state index is 12.9. The van der Waals surface area contributed by atoms with Crippen molar-refractivity contribution in [3.8, 4) is 0 Å². The zero-order valence-electron chi connectivity index (χ0n) is 15.7. The first-order valence-corrected chi connectivity index (χ1v) is 9.39. The van der Waals surface area contributed by atoms with Crippen LogP contribution in [0.3, 0.4) is 0 Å². The van der Waals surface area contributed by atoms with E-state index in [-0.39, 0.29) is 24.5 Å². The van der Waals surface area contributed by atoms with E-state index in [1.807, 2.05) is 30.3 Å². The predicted octanol–water partition coefficient (Wildman–Crippen LogP) is 2.20. The summed E-state index contributed by atoms with van der Waals surface area (Å²) in [5.74, 6) is -0.863. The number of para-hydroxylation sites is 1. The molecule has 1 fully saturated rings. The number of carbonyl (C=O) groups excluding carboxylic acids is 3. The maximum Gasteiger partial charge on any atom is 0.331 e. The van der Waals surface area contributed by atoms with Crippen molar-refractivity contribution in [2.45, 2.75) is 57.5 Å². The van der Waals surface area contributed by atoms with Crippen molar-refractivity contribution in [3.05, 3.63) is 30.3 Å². The van der Waals surface area contributed by atoms with Crippen LogP contribution in [-0.4, -0.2) is 41.6 Å². The number of carbonyl (C=O) groups is 3. The summed E-state index contributed by atoms with van der Waals surface area (Å²) in [6.45, 7) is 3.51. The number of hydrogen-bond acceptors (Lipinski definition) is 6. The lowest BCUT2D eigenvalue weighted by atomic mass is 9.96. The number of anilines is 1. The van der Waals surface area contributed by atoms with Gasteiger partial charge in [0.25, 0.3) is 5.91 Å². The third-order valence-electron chi connectivity index (χ3n) is 5.14. The van der Waals surface area contributed by atoms with Crippen molar-refractivity contribution in [1.82, 2.24) is 5.32 Å². The van der Waals surface area contributed by atoms with Gasteiger partial charge in [0, 0.05) is 6.42 Å². The second-order valence-electron chi connectivity index (χ2n) is 7.02. The van der Waals surface area contributed by atoms with Crippen LogP contribution in [0, 0.1) is 0 Å². The van der Waals surface area contributed by atoms with Gasteiger partial charge in [0.2, 0.25) is 0 Å². The Morgan fingerprint density at radius 3 is 2.48 bits per heavy atom. The first-order valence-electron chi connectivity index (χ1n) is 9.39. The monoisotopic (exact) mass is 371 g/mol. The van der Waals surface area contributed by atoms with E-state index in [1.54, 1.807) is 11.9 Å². The molecule has 1 aromatic carbocycles. The Morgan fingerprint density at radius 2 is 1.89 bits per heavy atom. The molecular weight excluding hydrogens is 346 g/mol. The number of nitrogens with zero attached hydrogens (tertiary/aromatic N) is 2. The Balaban J connectivity index is 1.81. The molecular formula is C20H25N3O4. The number of hydrogen-bond donors (Lipinski definition) is 1. The molecule has 1 aliphatic heterocycles. The number of rotatable bonds is 6. The summed E-state index contributed by atoms with van der Waals surface area (Å²) < 4.78 is 5.18. The molecule has 0 radical (unpaired) electrons. The van der Waals surface area contributed by atoms with Crippen molar-refractivity contribution in [3.63, 3.8) is 0 Å². The first kappa shape index (κ1) is 19.1. The van der Waals surface area contributed by atoms with E-state index in [2.05, 4.69) is 10.4 Å². The molecule has 27 heavy (non-hydrogen) atoms.